The SMILES string of the molecule is COCCNS(=O)(=O)N1CCCC1CC(C)=O. The van der Waals surface area contributed by atoms with E-state index in [4.69, 9.17) is 4.74 Å². The smallest absolute Gasteiger partial charge is 0.279 e. The van der Waals surface area contributed by atoms with E-state index in [-0.39, 0.29) is 18.4 Å². The second-order valence-electron chi connectivity index (χ2n) is 4.21. The Morgan fingerprint density at radius 1 is 1.53 bits per heavy atom. The Hall–Kier alpha value is -0.500. The summed E-state index contributed by atoms with van der Waals surface area (Å²) in [4.78, 5) is 11.1. The molecule has 1 atom stereocenters. The second-order valence-corrected chi connectivity index (χ2v) is 5.91. The molecule has 0 aromatic rings. The Morgan fingerprint density at radius 2 is 2.24 bits per heavy atom. The van der Waals surface area contributed by atoms with E-state index < -0.39 is 10.2 Å². The monoisotopic (exact) mass is 264 g/mol. The third-order valence-electron chi connectivity index (χ3n) is 2.75. The zero-order valence-corrected chi connectivity index (χ0v) is 11.1. The van der Waals surface area contributed by atoms with Gasteiger partial charge in [0, 0.05) is 32.7 Å². The lowest BCUT2D eigenvalue weighted by Crippen LogP contribution is -2.44. The highest BCUT2D eigenvalue weighted by Gasteiger charge is 2.34. The van der Waals surface area contributed by atoms with Gasteiger partial charge in [0.15, 0.2) is 0 Å². The molecule has 1 fully saturated rings. The number of rotatable bonds is 7. The minimum atomic E-state index is -3.48. The largest absolute Gasteiger partial charge is 0.383 e. The molecule has 0 bridgehead atoms. The minimum absolute atomic E-state index is 0.0222. The van der Waals surface area contributed by atoms with Crippen molar-refractivity contribution < 1.29 is 17.9 Å². The van der Waals surface area contributed by atoms with Crippen molar-refractivity contribution in [2.75, 3.05) is 26.8 Å². The first-order valence-corrected chi connectivity index (χ1v) is 7.16. The van der Waals surface area contributed by atoms with Gasteiger partial charge in [0.2, 0.25) is 0 Å². The summed E-state index contributed by atoms with van der Waals surface area (Å²) in [7, 11) is -1.96. The second kappa shape index (κ2) is 6.44. The number of hydrogen-bond acceptors (Lipinski definition) is 4. The van der Waals surface area contributed by atoms with Crippen LogP contribution < -0.4 is 4.72 Å². The van der Waals surface area contributed by atoms with Crippen molar-refractivity contribution in [1.29, 1.82) is 0 Å². The molecule has 1 N–H and O–H groups in total. The summed E-state index contributed by atoms with van der Waals surface area (Å²) < 4.78 is 32.5. The van der Waals surface area contributed by atoms with Crippen LogP contribution in [0.4, 0.5) is 0 Å². The van der Waals surface area contributed by atoms with Gasteiger partial charge in [-0.2, -0.15) is 17.4 Å². The standard InChI is InChI=1S/C10H20N2O4S/c1-9(13)8-10-4-3-6-12(10)17(14,15)11-5-7-16-2/h10-11H,3-8H2,1-2H3. The molecule has 17 heavy (non-hydrogen) atoms. The first-order chi connectivity index (χ1) is 7.97. The first kappa shape index (κ1) is 14.6. The summed E-state index contributed by atoms with van der Waals surface area (Å²) in [6.45, 7) is 2.56. The van der Waals surface area contributed by atoms with Gasteiger partial charge in [-0.05, 0) is 19.8 Å². The molecule has 0 saturated carbocycles. The third kappa shape index (κ3) is 4.34. The summed E-state index contributed by atoms with van der Waals surface area (Å²) in [6, 6.07) is -0.187. The Balaban J connectivity index is 2.59. The molecule has 100 valence electrons. The van der Waals surface area contributed by atoms with Crippen LogP contribution in [0.15, 0.2) is 0 Å². The lowest BCUT2D eigenvalue weighted by molar-refractivity contribution is -0.117. The van der Waals surface area contributed by atoms with Gasteiger partial charge in [0.05, 0.1) is 6.61 Å². The highest BCUT2D eigenvalue weighted by atomic mass is 32.2. The summed E-state index contributed by atoms with van der Waals surface area (Å²) in [5, 5.41) is 0. The quantitative estimate of drug-likeness (QED) is 0.652. The fourth-order valence-electron chi connectivity index (χ4n) is 2.02. The number of carbonyl (C=O) groups excluding carboxylic acids is 1. The fraction of sp³-hybridized carbons (Fsp3) is 0.900. The number of nitrogens with one attached hydrogen (secondary N) is 1. The number of ether oxygens (including phenoxy) is 1. The zero-order chi connectivity index (χ0) is 12.9. The van der Waals surface area contributed by atoms with Crippen LogP contribution in [-0.4, -0.2) is 51.4 Å². The molecule has 1 aliphatic rings. The molecule has 0 aliphatic carbocycles. The van der Waals surface area contributed by atoms with E-state index in [1.165, 1.54) is 18.3 Å². The van der Waals surface area contributed by atoms with Gasteiger partial charge in [-0.3, -0.25) is 4.79 Å². The van der Waals surface area contributed by atoms with Crippen molar-refractivity contribution in [2.45, 2.75) is 32.2 Å². The van der Waals surface area contributed by atoms with Crippen LogP contribution in [-0.2, 0) is 19.7 Å². The van der Waals surface area contributed by atoms with Crippen molar-refractivity contribution in [3.63, 3.8) is 0 Å². The average molecular weight is 264 g/mol. The molecule has 7 heteroatoms. The van der Waals surface area contributed by atoms with Crippen LogP contribution >= 0.6 is 0 Å². The predicted molar refractivity (Wildman–Crippen MR) is 63.8 cm³/mol. The minimum Gasteiger partial charge on any atom is -0.383 e. The Bertz CT molecular complexity index is 355. The molecular weight excluding hydrogens is 244 g/mol. The lowest BCUT2D eigenvalue weighted by atomic mass is 10.1. The van der Waals surface area contributed by atoms with Crippen molar-refractivity contribution in [3.8, 4) is 0 Å². The van der Waals surface area contributed by atoms with Crippen LogP contribution in [0, 0.1) is 0 Å². The molecule has 0 spiro atoms. The van der Waals surface area contributed by atoms with Crippen molar-refractivity contribution in [2.24, 2.45) is 0 Å². The van der Waals surface area contributed by atoms with E-state index >= 15 is 0 Å². The number of methoxy groups -OCH3 is 1. The van der Waals surface area contributed by atoms with Crippen molar-refractivity contribution >= 4 is 16.0 Å². The molecule has 0 aromatic carbocycles. The van der Waals surface area contributed by atoms with E-state index in [1.807, 2.05) is 0 Å². The van der Waals surface area contributed by atoms with Crippen LogP contribution in [0.1, 0.15) is 26.2 Å². The van der Waals surface area contributed by atoms with Gasteiger partial charge in [0.25, 0.3) is 10.2 Å². The topological polar surface area (TPSA) is 75.7 Å². The molecular formula is C10H20N2O4S. The third-order valence-corrected chi connectivity index (χ3v) is 4.41. The van der Waals surface area contributed by atoms with Crippen LogP contribution in [0.25, 0.3) is 0 Å². The van der Waals surface area contributed by atoms with Crippen LogP contribution in [0.3, 0.4) is 0 Å². The molecule has 1 rings (SSSR count). The Labute approximate surface area is 102 Å². The van der Waals surface area contributed by atoms with Gasteiger partial charge in [0.1, 0.15) is 5.78 Å². The number of ketones is 1. The van der Waals surface area contributed by atoms with E-state index in [0.717, 1.165) is 12.8 Å². The maximum absolute atomic E-state index is 11.9. The van der Waals surface area contributed by atoms with Gasteiger partial charge >= 0.3 is 0 Å². The molecule has 0 aromatic heterocycles. The molecule has 6 nitrogen and oxygen atoms in total. The predicted octanol–water partition coefficient (Wildman–Crippen LogP) is -0.0893. The number of hydrogen-bond donors (Lipinski definition) is 1. The first-order valence-electron chi connectivity index (χ1n) is 5.72. The summed E-state index contributed by atoms with van der Waals surface area (Å²) in [5.41, 5.74) is 0. The maximum Gasteiger partial charge on any atom is 0.279 e. The lowest BCUT2D eigenvalue weighted by Gasteiger charge is -2.23. The van der Waals surface area contributed by atoms with Gasteiger partial charge < -0.3 is 4.74 Å². The number of carbonyl (C=O) groups is 1. The van der Waals surface area contributed by atoms with Crippen molar-refractivity contribution in [3.05, 3.63) is 0 Å². The normalized spacial score (nSPS) is 21.9. The summed E-state index contributed by atoms with van der Waals surface area (Å²) in [6.07, 6.45) is 1.86. The molecule has 1 heterocycles. The van der Waals surface area contributed by atoms with E-state index in [2.05, 4.69) is 4.72 Å². The Morgan fingerprint density at radius 3 is 2.82 bits per heavy atom. The maximum atomic E-state index is 11.9. The zero-order valence-electron chi connectivity index (χ0n) is 10.3. The van der Waals surface area contributed by atoms with E-state index in [9.17, 15) is 13.2 Å². The van der Waals surface area contributed by atoms with E-state index in [1.54, 1.807) is 0 Å². The van der Waals surface area contributed by atoms with E-state index in [0.29, 0.717) is 19.6 Å². The molecule has 0 radical (unpaired) electrons. The van der Waals surface area contributed by atoms with Crippen LogP contribution in [0.5, 0.6) is 0 Å². The average Bonchev–Trinajstić information content (AvgIpc) is 2.65. The number of Topliss-reactive ketones (excluding diaryl/α,β-unsaturated/α-hetero) is 1. The Kier molecular flexibility index (Phi) is 5.51. The highest BCUT2D eigenvalue weighted by molar-refractivity contribution is 7.87. The molecule has 1 aliphatic heterocycles. The molecule has 0 amide bonds. The van der Waals surface area contributed by atoms with Gasteiger partial charge in [-0.1, -0.05) is 0 Å². The van der Waals surface area contributed by atoms with Crippen LogP contribution in [0.2, 0.25) is 0 Å². The fourth-order valence-corrected chi connectivity index (χ4v) is 3.47. The van der Waals surface area contributed by atoms with Gasteiger partial charge in [-0.25, -0.2) is 0 Å². The summed E-state index contributed by atoms with van der Waals surface area (Å²) >= 11 is 0. The highest BCUT2D eigenvalue weighted by Crippen LogP contribution is 2.22. The molecule has 1 saturated heterocycles. The van der Waals surface area contributed by atoms with Gasteiger partial charge in [-0.15, -0.1) is 0 Å². The van der Waals surface area contributed by atoms with Crippen molar-refractivity contribution in [1.82, 2.24) is 9.03 Å². The number of nitrogens with zero attached hydrogens (tertiary/aromatic N) is 1. The molecule has 1 unspecified atom stereocenters. The summed E-state index contributed by atoms with van der Waals surface area (Å²) in [5.74, 6) is 0.0222.